The second-order valence-corrected chi connectivity index (χ2v) is 17.3. The molecule has 0 heterocycles. The molecule has 0 spiro atoms. The lowest BCUT2D eigenvalue weighted by molar-refractivity contribution is 0.660. The Labute approximate surface area is 377 Å². The molecule has 0 saturated carbocycles. The Hall–Kier alpha value is -8.00. The van der Waals surface area contributed by atoms with Crippen molar-refractivity contribution in [3.05, 3.63) is 260 Å². The zero-order valence-corrected chi connectivity index (χ0v) is 36.1. The molecule has 1 heteroatoms. The quantitative estimate of drug-likeness (QED) is 0.140. The van der Waals surface area contributed by atoms with E-state index in [0.29, 0.717) is 0 Å². The second kappa shape index (κ2) is 16.4. The summed E-state index contributed by atoms with van der Waals surface area (Å²) in [6, 6.07) is 91.0. The van der Waals surface area contributed by atoms with Gasteiger partial charge in [-0.25, -0.2) is 0 Å². The maximum absolute atomic E-state index is 2.50. The fourth-order valence-electron chi connectivity index (χ4n) is 9.94. The Balaban J connectivity index is 1.17. The van der Waals surface area contributed by atoms with Crippen LogP contribution in [0, 0.1) is 0 Å². The minimum absolute atomic E-state index is 0.210. The summed E-state index contributed by atoms with van der Waals surface area (Å²) in [6.45, 7) is 4.76. The average molecular weight is 818 g/mol. The highest BCUT2D eigenvalue weighted by molar-refractivity contribution is 6.03. The lowest BCUT2D eigenvalue weighted by atomic mass is 9.82. The van der Waals surface area contributed by atoms with Crippen LogP contribution in [0.3, 0.4) is 0 Å². The average Bonchev–Trinajstić information content (AvgIpc) is 3.59. The van der Waals surface area contributed by atoms with Crippen LogP contribution in [0.15, 0.2) is 249 Å². The van der Waals surface area contributed by atoms with E-state index in [1.807, 2.05) is 0 Å². The van der Waals surface area contributed by atoms with Crippen LogP contribution >= 0.6 is 0 Å². The van der Waals surface area contributed by atoms with Crippen LogP contribution in [0.1, 0.15) is 25.0 Å². The largest absolute Gasteiger partial charge is 0.310 e. The molecule has 0 atom stereocenters. The zero-order chi connectivity index (χ0) is 43.0. The van der Waals surface area contributed by atoms with Crippen molar-refractivity contribution in [2.75, 3.05) is 4.90 Å². The SMILES string of the molecule is CC1(C)c2ccc(-c3ccccc3)cc2-c2ccc(N(c3ccc(-c4ccccc4)cc3)c3cccc(-c4ccccc4-c4ccccc4)c3-c3ccccc3-c3ccccc3)cc21. The van der Waals surface area contributed by atoms with Crippen molar-refractivity contribution in [1.29, 1.82) is 0 Å². The number of anilines is 3. The van der Waals surface area contributed by atoms with E-state index in [1.54, 1.807) is 0 Å². The van der Waals surface area contributed by atoms with Gasteiger partial charge in [-0.2, -0.15) is 0 Å². The summed E-state index contributed by atoms with van der Waals surface area (Å²) in [6.07, 6.45) is 0. The molecule has 10 aromatic rings. The predicted octanol–water partition coefficient (Wildman–Crippen LogP) is 17.5. The minimum Gasteiger partial charge on any atom is -0.310 e. The van der Waals surface area contributed by atoms with Crippen molar-refractivity contribution in [3.8, 4) is 77.9 Å². The van der Waals surface area contributed by atoms with E-state index in [2.05, 4.69) is 267 Å². The summed E-state index contributed by atoms with van der Waals surface area (Å²) >= 11 is 0. The smallest absolute Gasteiger partial charge is 0.0546 e. The number of benzene rings is 10. The van der Waals surface area contributed by atoms with E-state index in [9.17, 15) is 0 Å². The molecule has 0 fully saturated rings. The molecule has 0 radical (unpaired) electrons. The van der Waals surface area contributed by atoms with Gasteiger partial charge in [0.05, 0.1) is 5.69 Å². The Morgan fingerprint density at radius 3 is 1.33 bits per heavy atom. The summed E-state index contributed by atoms with van der Waals surface area (Å²) in [5, 5.41) is 0. The van der Waals surface area contributed by atoms with E-state index >= 15 is 0 Å². The van der Waals surface area contributed by atoms with E-state index in [1.165, 1.54) is 89.0 Å². The van der Waals surface area contributed by atoms with Gasteiger partial charge >= 0.3 is 0 Å². The van der Waals surface area contributed by atoms with E-state index in [-0.39, 0.29) is 5.41 Å². The van der Waals surface area contributed by atoms with Crippen molar-refractivity contribution < 1.29 is 0 Å². The molecule has 0 N–H and O–H groups in total. The molecule has 304 valence electrons. The third-order valence-electron chi connectivity index (χ3n) is 13.1. The molecule has 0 aliphatic heterocycles. The number of hydrogen-bond donors (Lipinski definition) is 0. The van der Waals surface area contributed by atoms with Crippen LogP contribution in [0.2, 0.25) is 0 Å². The molecule has 1 aliphatic rings. The lowest BCUT2D eigenvalue weighted by Gasteiger charge is -2.31. The molecule has 64 heavy (non-hydrogen) atoms. The van der Waals surface area contributed by atoms with E-state index in [0.717, 1.165) is 17.1 Å². The predicted molar refractivity (Wildman–Crippen MR) is 271 cm³/mol. The molecular formula is C63H47N. The molecule has 0 amide bonds. The first-order valence-corrected chi connectivity index (χ1v) is 22.3. The standard InChI is InChI=1S/C63H47N/c1-63(2)59-41-36-49(45-22-9-4-10-23-45)42-58(59)55-40-39-51(43-60(55)63)64(50-37-34-46(35-38-50)44-20-7-3-8-21-44)61-33-19-32-57(54-30-17-15-28-52(54)47-24-11-5-12-25-47)62(61)56-31-18-16-29-53(56)48-26-13-6-14-27-48/h3-43H,1-2H3. The molecule has 11 rings (SSSR count). The molecule has 10 aromatic carbocycles. The Morgan fingerprint density at radius 2 is 0.719 bits per heavy atom. The van der Waals surface area contributed by atoms with Gasteiger partial charge < -0.3 is 4.90 Å². The lowest BCUT2D eigenvalue weighted by Crippen LogP contribution is -2.17. The first-order valence-electron chi connectivity index (χ1n) is 22.3. The topological polar surface area (TPSA) is 3.24 Å². The van der Waals surface area contributed by atoms with Gasteiger partial charge in [-0.05, 0) is 120 Å². The fourth-order valence-corrected chi connectivity index (χ4v) is 9.94. The molecule has 1 aliphatic carbocycles. The summed E-state index contributed by atoms with van der Waals surface area (Å²) in [4.78, 5) is 2.50. The van der Waals surface area contributed by atoms with Crippen molar-refractivity contribution in [1.82, 2.24) is 0 Å². The Morgan fingerprint density at radius 1 is 0.266 bits per heavy atom. The van der Waals surface area contributed by atoms with Gasteiger partial charge in [0.1, 0.15) is 0 Å². The molecule has 0 bridgehead atoms. The van der Waals surface area contributed by atoms with Crippen LogP contribution in [-0.4, -0.2) is 0 Å². The van der Waals surface area contributed by atoms with Gasteiger partial charge in [-0.1, -0.05) is 226 Å². The van der Waals surface area contributed by atoms with Gasteiger partial charge in [-0.15, -0.1) is 0 Å². The first-order chi connectivity index (χ1) is 31.5. The van der Waals surface area contributed by atoms with Crippen LogP contribution < -0.4 is 4.90 Å². The van der Waals surface area contributed by atoms with Gasteiger partial charge in [0.15, 0.2) is 0 Å². The molecule has 0 aromatic heterocycles. The monoisotopic (exact) mass is 817 g/mol. The highest BCUT2D eigenvalue weighted by Gasteiger charge is 2.36. The highest BCUT2D eigenvalue weighted by Crippen LogP contribution is 2.54. The highest BCUT2D eigenvalue weighted by atomic mass is 15.1. The third kappa shape index (κ3) is 6.93. The Bertz CT molecular complexity index is 3260. The molecule has 0 saturated heterocycles. The normalized spacial score (nSPS) is 12.3. The molecular weight excluding hydrogens is 771 g/mol. The van der Waals surface area contributed by atoms with Gasteiger partial charge in [-0.3, -0.25) is 0 Å². The van der Waals surface area contributed by atoms with Crippen LogP contribution in [0.5, 0.6) is 0 Å². The summed E-state index contributed by atoms with van der Waals surface area (Å²) in [7, 11) is 0. The van der Waals surface area contributed by atoms with Gasteiger partial charge in [0.2, 0.25) is 0 Å². The van der Waals surface area contributed by atoms with Crippen LogP contribution in [0.4, 0.5) is 17.1 Å². The number of hydrogen-bond acceptors (Lipinski definition) is 1. The first kappa shape index (κ1) is 38.9. The van der Waals surface area contributed by atoms with Gasteiger partial charge in [0.25, 0.3) is 0 Å². The van der Waals surface area contributed by atoms with E-state index in [4.69, 9.17) is 0 Å². The van der Waals surface area contributed by atoms with Crippen LogP contribution in [-0.2, 0) is 5.41 Å². The third-order valence-corrected chi connectivity index (χ3v) is 13.1. The second-order valence-electron chi connectivity index (χ2n) is 17.3. The molecule has 1 nitrogen and oxygen atoms in total. The van der Waals surface area contributed by atoms with Crippen molar-refractivity contribution in [3.63, 3.8) is 0 Å². The maximum Gasteiger partial charge on any atom is 0.0546 e. The van der Waals surface area contributed by atoms with Crippen molar-refractivity contribution >= 4 is 17.1 Å². The van der Waals surface area contributed by atoms with Gasteiger partial charge in [0, 0.05) is 22.4 Å². The van der Waals surface area contributed by atoms with E-state index < -0.39 is 0 Å². The number of fused-ring (bicyclic) bond motifs is 3. The summed E-state index contributed by atoms with van der Waals surface area (Å²) in [5.74, 6) is 0. The zero-order valence-electron chi connectivity index (χ0n) is 36.1. The van der Waals surface area contributed by atoms with Crippen molar-refractivity contribution in [2.24, 2.45) is 0 Å². The van der Waals surface area contributed by atoms with Crippen molar-refractivity contribution in [2.45, 2.75) is 19.3 Å². The number of nitrogens with zero attached hydrogens (tertiary/aromatic N) is 1. The fraction of sp³-hybridized carbons (Fsp3) is 0.0476. The number of rotatable bonds is 9. The summed E-state index contributed by atoms with van der Waals surface area (Å²) in [5.41, 5.74) is 22.7. The molecule has 0 unspecified atom stereocenters. The maximum atomic E-state index is 2.50. The van der Waals surface area contributed by atoms with Crippen LogP contribution in [0.25, 0.3) is 77.9 Å². The minimum atomic E-state index is -0.210. The summed E-state index contributed by atoms with van der Waals surface area (Å²) < 4.78 is 0. The Kier molecular flexibility index (Phi) is 9.94.